The molecule has 1 aromatic heterocycles. The fourth-order valence-electron chi connectivity index (χ4n) is 2.10. The zero-order chi connectivity index (χ0) is 12.8. The number of thioether (sulfide) groups is 1. The van der Waals surface area contributed by atoms with Gasteiger partial charge in [-0.1, -0.05) is 0 Å². The van der Waals surface area contributed by atoms with Crippen molar-refractivity contribution in [3.63, 3.8) is 0 Å². The van der Waals surface area contributed by atoms with Gasteiger partial charge in [0.25, 0.3) is 0 Å². The molecule has 4 nitrogen and oxygen atoms in total. The highest BCUT2D eigenvalue weighted by Crippen LogP contribution is 2.23. The van der Waals surface area contributed by atoms with Crippen LogP contribution in [0.1, 0.15) is 25.5 Å². The Bertz CT molecular complexity index is 377. The predicted molar refractivity (Wildman–Crippen MR) is 79.5 cm³/mol. The van der Waals surface area contributed by atoms with Gasteiger partial charge in [0, 0.05) is 24.8 Å². The second-order valence-electron chi connectivity index (χ2n) is 4.69. The maximum atomic E-state index is 4.47. The van der Waals surface area contributed by atoms with Crippen molar-refractivity contribution in [2.75, 3.05) is 35.2 Å². The summed E-state index contributed by atoms with van der Waals surface area (Å²) in [7, 11) is 0. The van der Waals surface area contributed by atoms with Crippen LogP contribution in [0.25, 0.3) is 0 Å². The quantitative estimate of drug-likeness (QED) is 0.858. The van der Waals surface area contributed by atoms with E-state index in [-0.39, 0.29) is 0 Å². The van der Waals surface area contributed by atoms with Crippen molar-refractivity contribution in [2.24, 2.45) is 5.92 Å². The van der Waals surface area contributed by atoms with Gasteiger partial charge in [-0.05, 0) is 44.1 Å². The molecule has 2 heterocycles. The van der Waals surface area contributed by atoms with E-state index in [4.69, 9.17) is 0 Å². The minimum Gasteiger partial charge on any atom is -0.370 e. The van der Waals surface area contributed by atoms with Gasteiger partial charge < -0.3 is 10.6 Å². The van der Waals surface area contributed by atoms with E-state index in [9.17, 15) is 0 Å². The van der Waals surface area contributed by atoms with E-state index in [2.05, 4.69) is 39.3 Å². The average molecular weight is 266 g/mol. The largest absolute Gasteiger partial charge is 0.370 e. The molecule has 1 aliphatic rings. The summed E-state index contributed by atoms with van der Waals surface area (Å²) >= 11 is 2.07. The van der Waals surface area contributed by atoms with Crippen molar-refractivity contribution in [3.05, 3.63) is 11.8 Å². The Kier molecular flexibility index (Phi) is 5.11. The monoisotopic (exact) mass is 266 g/mol. The van der Waals surface area contributed by atoms with E-state index in [1.807, 2.05) is 13.0 Å². The van der Waals surface area contributed by atoms with Crippen molar-refractivity contribution < 1.29 is 0 Å². The Morgan fingerprint density at radius 2 is 2.06 bits per heavy atom. The SMILES string of the molecule is CCNc1nc(C)cc(NCC2CCSCC2)n1. The van der Waals surface area contributed by atoms with Crippen LogP contribution in [0.2, 0.25) is 0 Å². The molecule has 0 amide bonds. The molecule has 2 rings (SSSR count). The Morgan fingerprint density at radius 3 is 2.78 bits per heavy atom. The van der Waals surface area contributed by atoms with Gasteiger partial charge >= 0.3 is 0 Å². The van der Waals surface area contributed by atoms with Crippen LogP contribution >= 0.6 is 11.8 Å². The number of anilines is 2. The normalized spacial score (nSPS) is 16.6. The van der Waals surface area contributed by atoms with Crippen LogP contribution < -0.4 is 10.6 Å². The van der Waals surface area contributed by atoms with Gasteiger partial charge in [0.1, 0.15) is 5.82 Å². The molecule has 1 saturated heterocycles. The van der Waals surface area contributed by atoms with Gasteiger partial charge in [0.15, 0.2) is 0 Å². The highest BCUT2D eigenvalue weighted by Gasteiger charge is 2.13. The molecule has 0 saturated carbocycles. The predicted octanol–water partition coefficient (Wildman–Crippen LogP) is 2.77. The molecule has 0 aromatic carbocycles. The standard InChI is InChI=1S/C13H22N4S/c1-3-14-13-16-10(2)8-12(17-13)15-9-11-4-6-18-7-5-11/h8,11H,3-7,9H2,1-2H3,(H2,14,15,16,17). The Balaban J connectivity index is 1.91. The summed E-state index contributed by atoms with van der Waals surface area (Å²) in [4.78, 5) is 8.82. The second kappa shape index (κ2) is 6.83. The highest BCUT2D eigenvalue weighted by atomic mass is 32.2. The van der Waals surface area contributed by atoms with E-state index in [0.29, 0.717) is 0 Å². The highest BCUT2D eigenvalue weighted by molar-refractivity contribution is 7.99. The number of rotatable bonds is 5. The summed E-state index contributed by atoms with van der Waals surface area (Å²) in [5, 5.41) is 6.61. The molecule has 100 valence electrons. The van der Waals surface area contributed by atoms with Crippen LogP contribution in [0, 0.1) is 12.8 Å². The fourth-order valence-corrected chi connectivity index (χ4v) is 3.30. The molecule has 0 unspecified atom stereocenters. The number of nitrogens with zero attached hydrogens (tertiary/aromatic N) is 2. The Morgan fingerprint density at radius 1 is 1.28 bits per heavy atom. The summed E-state index contributed by atoms with van der Waals surface area (Å²) in [6.45, 7) is 5.94. The fraction of sp³-hybridized carbons (Fsp3) is 0.692. The lowest BCUT2D eigenvalue weighted by molar-refractivity contribution is 0.515. The summed E-state index contributed by atoms with van der Waals surface area (Å²) < 4.78 is 0. The number of aryl methyl sites for hydroxylation is 1. The van der Waals surface area contributed by atoms with E-state index in [0.717, 1.165) is 36.5 Å². The molecule has 1 fully saturated rings. The van der Waals surface area contributed by atoms with Crippen LogP contribution in [0.4, 0.5) is 11.8 Å². The first kappa shape index (κ1) is 13.5. The van der Waals surface area contributed by atoms with Gasteiger partial charge in [-0.15, -0.1) is 0 Å². The average Bonchev–Trinajstić information content (AvgIpc) is 2.37. The topological polar surface area (TPSA) is 49.8 Å². The zero-order valence-corrected chi connectivity index (χ0v) is 12.0. The summed E-state index contributed by atoms with van der Waals surface area (Å²) in [6.07, 6.45) is 2.64. The molecule has 1 aliphatic heterocycles. The molecule has 0 atom stereocenters. The van der Waals surface area contributed by atoms with E-state index in [1.165, 1.54) is 24.3 Å². The van der Waals surface area contributed by atoms with Gasteiger partial charge in [-0.3, -0.25) is 0 Å². The lowest BCUT2D eigenvalue weighted by Crippen LogP contribution is -2.20. The first-order valence-electron chi connectivity index (χ1n) is 6.69. The minimum absolute atomic E-state index is 0.721. The lowest BCUT2D eigenvalue weighted by atomic mass is 10.0. The smallest absolute Gasteiger partial charge is 0.224 e. The Labute approximate surface area is 113 Å². The van der Waals surface area contributed by atoms with Gasteiger partial charge in [-0.2, -0.15) is 16.7 Å². The number of hydrogen-bond acceptors (Lipinski definition) is 5. The second-order valence-corrected chi connectivity index (χ2v) is 5.91. The summed E-state index contributed by atoms with van der Waals surface area (Å²) in [6, 6.07) is 2.01. The number of nitrogens with one attached hydrogen (secondary N) is 2. The summed E-state index contributed by atoms with van der Waals surface area (Å²) in [5.74, 6) is 5.07. The van der Waals surface area contributed by atoms with Crippen molar-refractivity contribution in [1.82, 2.24) is 9.97 Å². The van der Waals surface area contributed by atoms with Crippen LogP contribution in [0.3, 0.4) is 0 Å². The summed E-state index contributed by atoms with van der Waals surface area (Å²) in [5.41, 5.74) is 1.00. The van der Waals surface area contributed by atoms with Gasteiger partial charge in [0.05, 0.1) is 0 Å². The zero-order valence-electron chi connectivity index (χ0n) is 11.2. The molecule has 0 bridgehead atoms. The van der Waals surface area contributed by atoms with Crippen LogP contribution in [-0.4, -0.2) is 34.6 Å². The maximum absolute atomic E-state index is 4.47. The van der Waals surface area contributed by atoms with E-state index in [1.54, 1.807) is 0 Å². The molecule has 5 heteroatoms. The van der Waals surface area contributed by atoms with Crippen molar-refractivity contribution in [1.29, 1.82) is 0 Å². The number of aromatic nitrogens is 2. The van der Waals surface area contributed by atoms with E-state index >= 15 is 0 Å². The third-order valence-electron chi connectivity index (χ3n) is 3.10. The lowest BCUT2D eigenvalue weighted by Gasteiger charge is -2.21. The molecule has 0 radical (unpaired) electrons. The first-order valence-corrected chi connectivity index (χ1v) is 7.84. The molecule has 1 aromatic rings. The molecular weight excluding hydrogens is 244 g/mol. The first-order chi connectivity index (χ1) is 8.78. The minimum atomic E-state index is 0.721. The molecule has 2 N–H and O–H groups in total. The third kappa shape index (κ3) is 4.05. The molecule has 18 heavy (non-hydrogen) atoms. The number of hydrogen-bond donors (Lipinski definition) is 2. The third-order valence-corrected chi connectivity index (χ3v) is 4.15. The van der Waals surface area contributed by atoms with Crippen molar-refractivity contribution in [2.45, 2.75) is 26.7 Å². The molecular formula is C13H22N4S. The van der Waals surface area contributed by atoms with Gasteiger partial charge in [-0.25, -0.2) is 4.98 Å². The van der Waals surface area contributed by atoms with Crippen molar-refractivity contribution >= 4 is 23.5 Å². The van der Waals surface area contributed by atoms with Crippen LogP contribution in [-0.2, 0) is 0 Å². The maximum Gasteiger partial charge on any atom is 0.224 e. The van der Waals surface area contributed by atoms with E-state index < -0.39 is 0 Å². The van der Waals surface area contributed by atoms with Crippen molar-refractivity contribution in [3.8, 4) is 0 Å². The Hall–Kier alpha value is -0.970. The molecule has 0 aliphatic carbocycles. The van der Waals surface area contributed by atoms with Gasteiger partial charge in [0.2, 0.25) is 5.95 Å². The molecule has 0 spiro atoms. The van der Waals surface area contributed by atoms with Crippen LogP contribution in [0.15, 0.2) is 6.07 Å². The van der Waals surface area contributed by atoms with Crippen LogP contribution in [0.5, 0.6) is 0 Å².